The molecule has 0 amide bonds. The first-order valence-electron chi connectivity index (χ1n) is 5.17. The minimum Gasteiger partial charge on any atom is -0.379 e. The van der Waals surface area contributed by atoms with Crippen LogP contribution in [0.3, 0.4) is 0 Å². The van der Waals surface area contributed by atoms with E-state index in [4.69, 9.17) is 11.6 Å². The molecule has 2 aromatic rings. The van der Waals surface area contributed by atoms with Crippen LogP contribution >= 0.6 is 38.9 Å². The molecule has 0 saturated carbocycles. The van der Waals surface area contributed by atoms with Crippen LogP contribution < -0.4 is 5.32 Å². The van der Waals surface area contributed by atoms with E-state index in [2.05, 4.69) is 26.2 Å². The molecular weight excluding hydrogens is 384 g/mol. The predicted molar refractivity (Wildman–Crippen MR) is 73.6 cm³/mol. The zero-order valence-electron chi connectivity index (χ0n) is 9.56. The van der Waals surface area contributed by atoms with Crippen molar-refractivity contribution in [3.8, 4) is 0 Å². The first-order chi connectivity index (χ1) is 9.27. The van der Waals surface area contributed by atoms with Crippen molar-refractivity contribution in [1.82, 2.24) is 4.98 Å². The number of aromatic nitrogens is 1. The number of hydrogen-bond acceptors (Lipinski definition) is 3. The molecule has 1 heterocycles. The zero-order valence-corrected chi connectivity index (χ0v) is 12.7. The third kappa shape index (κ3) is 3.62. The molecule has 0 spiro atoms. The van der Waals surface area contributed by atoms with Crippen LogP contribution in [0.4, 0.5) is 23.2 Å². The molecule has 1 N–H and O–H groups in total. The Hall–Kier alpha value is -0.860. The normalized spacial score (nSPS) is 11.7. The minimum absolute atomic E-state index is 0.142. The van der Waals surface area contributed by atoms with Gasteiger partial charge in [0.25, 0.3) is 0 Å². The molecule has 0 saturated heterocycles. The highest BCUT2D eigenvalue weighted by atomic mass is 79.9. The Kier molecular flexibility index (Phi) is 4.55. The summed E-state index contributed by atoms with van der Waals surface area (Å²) in [5.41, 5.74) is -1.17. The van der Waals surface area contributed by atoms with E-state index in [1.165, 1.54) is 17.5 Å². The zero-order chi connectivity index (χ0) is 14.9. The maximum absolute atomic E-state index is 13.3. The van der Waals surface area contributed by atoms with Gasteiger partial charge in [-0.1, -0.05) is 11.6 Å². The van der Waals surface area contributed by atoms with Gasteiger partial charge in [-0.05, 0) is 28.1 Å². The molecule has 0 aliphatic carbocycles. The summed E-state index contributed by atoms with van der Waals surface area (Å²) in [4.78, 5) is 4.56. The summed E-state index contributed by atoms with van der Waals surface area (Å²) in [7, 11) is 0. The smallest absolute Gasteiger partial charge is 0.379 e. The van der Waals surface area contributed by atoms with Crippen molar-refractivity contribution in [3.05, 3.63) is 43.5 Å². The van der Waals surface area contributed by atoms with Gasteiger partial charge in [0.1, 0.15) is 5.82 Å². The highest BCUT2D eigenvalue weighted by molar-refractivity contribution is 9.10. The molecule has 1 aromatic carbocycles. The molecule has 0 radical (unpaired) electrons. The molecule has 20 heavy (non-hydrogen) atoms. The molecule has 0 aliphatic heterocycles. The van der Waals surface area contributed by atoms with Gasteiger partial charge in [-0.25, -0.2) is 9.37 Å². The third-order valence-corrected chi connectivity index (χ3v) is 4.11. The molecule has 1 aromatic heterocycles. The minimum atomic E-state index is -4.74. The molecule has 2 rings (SSSR count). The van der Waals surface area contributed by atoms with Gasteiger partial charge in [0.15, 0.2) is 4.47 Å². The Labute approximate surface area is 128 Å². The van der Waals surface area contributed by atoms with Crippen LogP contribution in [0.2, 0.25) is 4.47 Å². The van der Waals surface area contributed by atoms with Gasteiger partial charge >= 0.3 is 6.18 Å². The number of nitrogens with one attached hydrogen (secondary N) is 1. The number of rotatable bonds is 3. The average Bonchev–Trinajstić information content (AvgIpc) is 2.72. The predicted octanol–water partition coefficient (Wildman–Crippen LogP) is 5.33. The van der Waals surface area contributed by atoms with Crippen LogP contribution in [0, 0.1) is 5.82 Å². The van der Waals surface area contributed by atoms with E-state index in [0.717, 1.165) is 17.0 Å². The quantitative estimate of drug-likeness (QED) is 0.718. The lowest BCUT2D eigenvalue weighted by molar-refractivity contribution is -0.139. The highest BCUT2D eigenvalue weighted by Gasteiger charge is 2.34. The van der Waals surface area contributed by atoms with Crippen molar-refractivity contribution in [3.63, 3.8) is 0 Å². The van der Waals surface area contributed by atoms with E-state index in [1.54, 1.807) is 0 Å². The van der Waals surface area contributed by atoms with Crippen LogP contribution in [0.5, 0.6) is 0 Å². The average molecular weight is 390 g/mol. The fraction of sp³-hybridized carbons (Fsp3) is 0.182. The van der Waals surface area contributed by atoms with E-state index < -0.39 is 17.6 Å². The van der Waals surface area contributed by atoms with Crippen molar-refractivity contribution in [2.75, 3.05) is 5.32 Å². The highest BCUT2D eigenvalue weighted by Crippen LogP contribution is 2.36. The number of alkyl halides is 3. The Morgan fingerprint density at radius 3 is 2.60 bits per heavy atom. The summed E-state index contributed by atoms with van der Waals surface area (Å²) in [5.74, 6) is -1.32. The number of halogens is 6. The first-order valence-corrected chi connectivity index (χ1v) is 7.16. The van der Waals surface area contributed by atoms with Gasteiger partial charge in [-0.3, -0.25) is 0 Å². The molecule has 9 heteroatoms. The number of thiazole rings is 1. The second kappa shape index (κ2) is 5.87. The molecule has 2 nitrogen and oxygen atoms in total. The monoisotopic (exact) mass is 388 g/mol. The fourth-order valence-electron chi connectivity index (χ4n) is 1.45. The van der Waals surface area contributed by atoms with E-state index in [-0.39, 0.29) is 16.7 Å². The van der Waals surface area contributed by atoms with E-state index in [0.29, 0.717) is 4.47 Å². The van der Waals surface area contributed by atoms with Gasteiger partial charge in [0, 0.05) is 21.2 Å². The SMILES string of the molecule is Fc1cc(Br)c(NCc2cnc(Cl)s2)cc1C(F)(F)F. The van der Waals surface area contributed by atoms with Gasteiger partial charge in [0.05, 0.1) is 12.1 Å². The van der Waals surface area contributed by atoms with Crippen LogP contribution in [-0.4, -0.2) is 4.98 Å². The standard InChI is InChI=1S/C11H6BrClF4N2S/c12-7-2-8(14)6(11(15,16)17)1-9(7)18-3-5-4-19-10(13)20-5/h1-2,4,18H,3H2. The number of hydrogen-bond donors (Lipinski definition) is 1. The van der Waals surface area contributed by atoms with Crippen LogP contribution in [-0.2, 0) is 12.7 Å². The maximum atomic E-state index is 13.3. The Balaban J connectivity index is 2.23. The van der Waals surface area contributed by atoms with Crippen LogP contribution in [0.15, 0.2) is 22.8 Å². The van der Waals surface area contributed by atoms with Crippen molar-refractivity contribution in [2.24, 2.45) is 0 Å². The molecule has 0 fully saturated rings. The topological polar surface area (TPSA) is 24.9 Å². The van der Waals surface area contributed by atoms with Gasteiger partial charge in [-0.2, -0.15) is 13.2 Å². The summed E-state index contributed by atoms with van der Waals surface area (Å²) < 4.78 is 51.7. The van der Waals surface area contributed by atoms with E-state index >= 15 is 0 Å². The van der Waals surface area contributed by atoms with Crippen LogP contribution in [0.1, 0.15) is 10.4 Å². The summed E-state index contributed by atoms with van der Waals surface area (Å²) in [6.45, 7) is 0.242. The lowest BCUT2D eigenvalue weighted by Gasteiger charge is -2.13. The summed E-state index contributed by atoms with van der Waals surface area (Å²) in [5, 5.41) is 2.78. The Morgan fingerprint density at radius 1 is 1.35 bits per heavy atom. The molecule has 0 unspecified atom stereocenters. The lowest BCUT2D eigenvalue weighted by Crippen LogP contribution is -2.10. The maximum Gasteiger partial charge on any atom is 0.419 e. The molecule has 0 aliphatic rings. The van der Waals surface area contributed by atoms with Crippen molar-refractivity contribution in [2.45, 2.75) is 12.7 Å². The molecule has 0 atom stereocenters. The summed E-state index contributed by atoms with van der Waals surface area (Å²) >= 11 is 9.88. The lowest BCUT2D eigenvalue weighted by atomic mass is 10.2. The summed E-state index contributed by atoms with van der Waals surface area (Å²) in [6, 6.07) is 1.51. The van der Waals surface area contributed by atoms with E-state index in [9.17, 15) is 17.6 Å². The largest absolute Gasteiger partial charge is 0.419 e. The Morgan fingerprint density at radius 2 is 2.05 bits per heavy atom. The van der Waals surface area contributed by atoms with Gasteiger partial charge in [0.2, 0.25) is 0 Å². The van der Waals surface area contributed by atoms with E-state index in [1.807, 2.05) is 0 Å². The number of anilines is 1. The number of benzene rings is 1. The molecule has 0 bridgehead atoms. The fourth-order valence-corrected chi connectivity index (χ4v) is 2.82. The van der Waals surface area contributed by atoms with Gasteiger partial charge in [-0.15, -0.1) is 11.3 Å². The first kappa shape index (κ1) is 15.5. The number of nitrogens with zero attached hydrogens (tertiary/aromatic N) is 1. The second-order valence-electron chi connectivity index (χ2n) is 3.74. The second-order valence-corrected chi connectivity index (χ2v) is 6.29. The molecular formula is C11H6BrClF4N2S. The summed E-state index contributed by atoms with van der Waals surface area (Å²) in [6.07, 6.45) is -3.23. The van der Waals surface area contributed by atoms with Crippen molar-refractivity contribution < 1.29 is 17.6 Å². The van der Waals surface area contributed by atoms with Crippen LogP contribution in [0.25, 0.3) is 0 Å². The molecule has 108 valence electrons. The van der Waals surface area contributed by atoms with Gasteiger partial charge < -0.3 is 5.32 Å². The van der Waals surface area contributed by atoms with Crippen molar-refractivity contribution >= 4 is 44.6 Å². The Bertz CT molecular complexity index is 629. The van der Waals surface area contributed by atoms with Crippen molar-refractivity contribution in [1.29, 1.82) is 0 Å². The third-order valence-electron chi connectivity index (χ3n) is 2.34.